The van der Waals surface area contributed by atoms with E-state index in [0.717, 1.165) is 55.9 Å². The first-order valence-electron chi connectivity index (χ1n) is 10.7. The van der Waals surface area contributed by atoms with Crippen LogP contribution in [-0.4, -0.2) is 41.0 Å². The zero-order chi connectivity index (χ0) is 23.4. The maximum atomic E-state index is 13.2. The van der Waals surface area contributed by atoms with E-state index >= 15 is 0 Å². The molecule has 33 heavy (non-hydrogen) atoms. The Balaban J connectivity index is 1.44. The quantitative estimate of drug-likeness (QED) is 0.487. The van der Waals surface area contributed by atoms with Crippen LogP contribution >= 0.6 is 0 Å². The lowest BCUT2D eigenvalue weighted by atomic mass is 9.88. The summed E-state index contributed by atoms with van der Waals surface area (Å²) >= 11 is 0. The van der Waals surface area contributed by atoms with E-state index in [0.29, 0.717) is 16.7 Å². The fraction of sp³-hybridized carbons (Fsp3) is 0.320. The van der Waals surface area contributed by atoms with Gasteiger partial charge in [-0.25, -0.2) is 14.8 Å². The Kier molecular flexibility index (Phi) is 6.74. The van der Waals surface area contributed by atoms with Crippen molar-refractivity contribution < 1.29 is 22.7 Å². The number of esters is 1. The number of hydrogen-bond acceptors (Lipinski definition) is 5. The van der Waals surface area contributed by atoms with Crippen LogP contribution in [0.5, 0.6) is 0 Å². The molecule has 0 radical (unpaired) electrons. The first kappa shape index (κ1) is 22.9. The van der Waals surface area contributed by atoms with E-state index < -0.39 is 11.7 Å². The van der Waals surface area contributed by atoms with Gasteiger partial charge < -0.3 is 4.74 Å². The van der Waals surface area contributed by atoms with Gasteiger partial charge in [0.25, 0.3) is 0 Å². The SMILES string of the molecule is COC(=O)c1ccc(CN2CCC(c3ncncc3-c3cccc(C(F)(F)F)c3)CC2)cc1. The second-order valence-corrected chi connectivity index (χ2v) is 8.14. The molecule has 0 atom stereocenters. The predicted molar refractivity (Wildman–Crippen MR) is 118 cm³/mol. The summed E-state index contributed by atoms with van der Waals surface area (Å²) in [5.74, 6) is -0.209. The monoisotopic (exact) mass is 455 g/mol. The lowest BCUT2D eigenvalue weighted by Gasteiger charge is -2.32. The minimum Gasteiger partial charge on any atom is -0.465 e. The summed E-state index contributed by atoms with van der Waals surface area (Å²) in [6.45, 7) is 2.45. The highest BCUT2D eigenvalue weighted by molar-refractivity contribution is 5.89. The number of rotatable bonds is 5. The summed E-state index contributed by atoms with van der Waals surface area (Å²) in [5, 5.41) is 0. The van der Waals surface area contributed by atoms with Crippen molar-refractivity contribution in [3.05, 3.63) is 83.4 Å². The first-order valence-corrected chi connectivity index (χ1v) is 10.7. The van der Waals surface area contributed by atoms with Crippen LogP contribution in [0, 0.1) is 0 Å². The fourth-order valence-corrected chi connectivity index (χ4v) is 4.24. The molecule has 1 fully saturated rings. The maximum Gasteiger partial charge on any atom is 0.416 e. The van der Waals surface area contributed by atoms with E-state index in [1.54, 1.807) is 24.4 Å². The molecule has 0 saturated carbocycles. The van der Waals surface area contributed by atoms with Gasteiger partial charge in [0.05, 0.1) is 23.9 Å². The number of aromatic nitrogens is 2. The zero-order valence-corrected chi connectivity index (χ0v) is 18.2. The molecule has 0 unspecified atom stereocenters. The third-order valence-electron chi connectivity index (χ3n) is 6.00. The Labute approximate surface area is 190 Å². The lowest BCUT2D eigenvalue weighted by Crippen LogP contribution is -2.32. The number of nitrogens with zero attached hydrogens (tertiary/aromatic N) is 3. The molecule has 0 aliphatic carbocycles. The average molecular weight is 455 g/mol. The topological polar surface area (TPSA) is 55.3 Å². The van der Waals surface area contributed by atoms with Crippen molar-refractivity contribution in [1.82, 2.24) is 14.9 Å². The number of likely N-dealkylation sites (tertiary alicyclic amines) is 1. The van der Waals surface area contributed by atoms with Crippen molar-refractivity contribution in [3.63, 3.8) is 0 Å². The smallest absolute Gasteiger partial charge is 0.416 e. The molecule has 1 aliphatic rings. The zero-order valence-electron chi connectivity index (χ0n) is 18.2. The number of carbonyl (C=O) groups excluding carboxylic acids is 1. The summed E-state index contributed by atoms with van der Waals surface area (Å²) in [7, 11) is 1.36. The molecule has 8 heteroatoms. The number of benzene rings is 2. The second-order valence-electron chi connectivity index (χ2n) is 8.14. The Morgan fingerprint density at radius 3 is 2.52 bits per heavy atom. The molecule has 1 aliphatic heterocycles. The molecule has 4 rings (SSSR count). The predicted octanol–water partition coefficient (Wildman–Crippen LogP) is 5.33. The summed E-state index contributed by atoms with van der Waals surface area (Å²) in [6, 6.07) is 12.7. The Morgan fingerprint density at radius 2 is 1.85 bits per heavy atom. The highest BCUT2D eigenvalue weighted by Crippen LogP contribution is 2.36. The van der Waals surface area contributed by atoms with Crippen molar-refractivity contribution in [1.29, 1.82) is 0 Å². The number of alkyl halides is 3. The number of methoxy groups -OCH3 is 1. The molecule has 0 N–H and O–H groups in total. The van der Waals surface area contributed by atoms with Gasteiger partial charge in [-0.05, 0) is 61.3 Å². The van der Waals surface area contributed by atoms with Crippen LogP contribution in [-0.2, 0) is 17.5 Å². The van der Waals surface area contributed by atoms with E-state index in [2.05, 4.69) is 14.9 Å². The minimum atomic E-state index is -4.40. The van der Waals surface area contributed by atoms with Crippen LogP contribution < -0.4 is 0 Å². The highest BCUT2D eigenvalue weighted by Gasteiger charge is 2.31. The second kappa shape index (κ2) is 9.70. The minimum absolute atomic E-state index is 0.149. The molecule has 2 aromatic carbocycles. The third kappa shape index (κ3) is 5.39. The molecule has 172 valence electrons. The van der Waals surface area contributed by atoms with Gasteiger partial charge in [0.2, 0.25) is 0 Å². The van der Waals surface area contributed by atoms with Gasteiger partial charge in [-0.2, -0.15) is 13.2 Å². The Hall–Kier alpha value is -3.26. The Morgan fingerprint density at radius 1 is 1.12 bits per heavy atom. The van der Waals surface area contributed by atoms with Crippen LogP contribution in [0.4, 0.5) is 13.2 Å². The molecule has 0 bridgehead atoms. The summed E-state index contributed by atoms with van der Waals surface area (Å²) in [4.78, 5) is 22.4. The number of hydrogen-bond donors (Lipinski definition) is 0. The van der Waals surface area contributed by atoms with Crippen LogP contribution in [0.25, 0.3) is 11.1 Å². The van der Waals surface area contributed by atoms with Gasteiger partial charge in [0.1, 0.15) is 6.33 Å². The van der Waals surface area contributed by atoms with Crippen molar-refractivity contribution >= 4 is 5.97 Å². The van der Waals surface area contributed by atoms with E-state index in [4.69, 9.17) is 4.74 Å². The summed E-state index contributed by atoms with van der Waals surface area (Å²) in [5.41, 5.74) is 2.88. The molecular formula is C25H24F3N3O2. The van der Waals surface area contributed by atoms with Gasteiger partial charge in [-0.1, -0.05) is 24.3 Å². The first-order chi connectivity index (χ1) is 15.8. The number of halogens is 3. The number of carbonyl (C=O) groups is 1. The molecule has 3 aromatic rings. The van der Waals surface area contributed by atoms with Crippen molar-refractivity contribution in [2.24, 2.45) is 0 Å². The fourth-order valence-electron chi connectivity index (χ4n) is 4.24. The number of piperidine rings is 1. The molecule has 2 heterocycles. The van der Waals surface area contributed by atoms with E-state index in [-0.39, 0.29) is 11.9 Å². The molecule has 1 aromatic heterocycles. The molecule has 1 saturated heterocycles. The summed E-state index contributed by atoms with van der Waals surface area (Å²) < 4.78 is 44.3. The van der Waals surface area contributed by atoms with E-state index in [1.165, 1.54) is 19.5 Å². The van der Waals surface area contributed by atoms with E-state index in [1.807, 2.05) is 12.1 Å². The standard InChI is InChI=1S/C25H24F3N3O2/c1-33-24(32)19-7-5-17(6-8-19)15-31-11-9-18(10-12-31)23-22(14-29-16-30-23)20-3-2-4-21(13-20)25(26,27)28/h2-8,13-14,16,18H,9-12,15H2,1H3. The number of ether oxygens (including phenoxy) is 1. The molecule has 0 spiro atoms. The highest BCUT2D eigenvalue weighted by atomic mass is 19.4. The summed E-state index contributed by atoms with van der Waals surface area (Å²) in [6.07, 6.45) is 0.368. The Bertz CT molecular complexity index is 1110. The molecule has 0 amide bonds. The van der Waals surface area contributed by atoms with Gasteiger partial charge in [-0.3, -0.25) is 4.90 Å². The van der Waals surface area contributed by atoms with Crippen molar-refractivity contribution in [2.45, 2.75) is 31.5 Å². The van der Waals surface area contributed by atoms with Gasteiger partial charge in [0, 0.05) is 24.2 Å². The van der Waals surface area contributed by atoms with Gasteiger partial charge in [-0.15, -0.1) is 0 Å². The van der Waals surface area contributed by atoms with Gasteiger partial charge in [0.15, 0.2) is 0 Å². The average Bonchev–Trinajstić information content (AvgIpc) is 2.84. The molecule has 5 nitrogen and oxygen atoms in total. The van der Waals surface area contributed by atoms with Crippen LogP contribution in [0.15, 0.2) is 61.1 Å². The maximum absolute atomic E-state index is 13.2. The lowest BCUT2D eigenvalue weighted by molar-refractivity contribution is -0.137. The largest absolute Gasteiger partial charge is 0.465 e. The molecular weight excluding hydrogens is 431 g/mol. The van der Waals surface area contributed by atoms with Gasteiger partial charge >= 0.3 is 12.1 Å². The van der Waals surface area contributed by atoms with Crippen LogP contribution in [0.1, 0.15) is 45.9 Å². The normalized spacial score (nSPS) is 15.4. The van der Waals surface area contributed by atoms with Crippen LogP contribution in [0.3, 0.4) is 0 Å². The van der Waals surface area contributed by atoms with Crippen molar-refractivity contribution in [2.75, 3.05) is 20.2 Å². The van der Waals surface area contributed by atoms with Crippen molar-refractivity contribution in [3.8, 4) is 11.1 Å². The third-order valence-corrected chi connectivity index (χ3v) is 6.00. The van der Waals surface area contributed by atoms with Crippen LogP contribution in [0.2, 0.25) is 0 Å². The van der Waals surface area contributed by atoms with E-state index in [9.17, 15) is 18.0 Å².